The fraction of sp³-hybridized carbons (Fsp3) is 0.333. The van der Waals surface area contributed by atoms with Crippen molar-refractivity contribution in [1.82, 2.24) is 4.98 Å². The topological polar surface area (TPSA) is 63.7 Å². The first-order valence-electron chi connectivity index (χ1n) is 8.17. The van der Waals surface area contributed by atoms with Crippen LogP contribution in [0.25, 0.3) is 0 Å². The molecule has 1 aromatic heterocycles. The third kappa shape index (κ3) is 3.15. The Balaban J connectivity index is 1.71. The molecule has 130 valence electrons. The Labute approximate surface area is 150 Å². The molecule has 2 atom stereocenters. The molecular weight excluding hydrogens is 342 g/mol. The lowest BCUT2D eigenvalue weighted by Crippen LogP contribution is -2.44. The van der Waals surface area contributed by atoms with Crippen LogP contribution in [-0.2, 0) is 9.53 Å². The lowest BCUT2D eigenvalue weighted by molar-refractivity contribution is -0.118. The van der Waals surface area contributed by atoms with Gasteiger partial charge >= 0.3 is 0 Å². The first-order chi connectivity index (χ1) is 12.1. The van der Waals surface area contributed by atoms with Crippen LogP contribution < -0.4 is 15.0 Å². The summed E-state index contributed by atoms with van der Waals surface area (Å²) >= 11 is 6.40. The van der Waals surface area contributed by atoms with Gasteiger partial charge in [-0.05, 0) is 18.6 Å². The van der Waals surface area contributed by atoms with Crippen molar-refractivity contribution in [2.24, 2.45) is 0 Å². The number of rotatable bonds is 2. The summed E-state index contributed by atoms with van der Waals surface area (Å²) in [6, 6.07) is 9.55. The molecule has 1 saturated heterocycles. The van der Waals surface area contributed by atoms with Crippen LogP contribution in [0.1, 0.15) is 18.5 Å². The normalized spacial score (nSPS) is 22.8. The van der Waals surface area contributed by atoms with Gasteiger partial charge in [-0.3, -0.25) is 4.79 Å². The molecule has 0 spiro atoms. The number of anilines is 2. The summed E-state index contributed by atoms with van der Waals surface area (Å²) in [6.07, 6.45) is 1.72. The van der Waals surface area contributed by atoms with Crippen LogP contribution in [0, 0.1) is 0 Å². The number of benzene rings is 1. The average Bonchev–Trinajstić information content (AvgIpc) is 2.62. The quantitative estimate of drug-likeness (QED) is 0.893. The van der Waals surface area contributed by atoms with E-state index in [1.165, 1.54) is 0 Å². The maximum Gasteiger partial charge on any atom is 0.262 e. The van der Waals surface area contributed by atoms with Gasteiger partial charge < -0.3 is 19.7 Å². The average molecular weight is 360 g/mol. The number of hydrogen-bond donors (Lipinski definition) is 1. The smallest absolute Gasteiger partial charge is 0.262 e. The molecular formula is C18H18ClN3O3. The second kappa shape index (κ2) is 6.54. The fourth-order valence-electron chi connectivity index (χ4n) is 3.19. The van der Waals surface area contributed by atoms with Crippen LogP contribution in [0.3, 0.4) is 0 Å². The van der Waals surface area contributed by atoms with E-state index in [-0.39, 0.29) is 24.7 Å². The number of aromatic nitrogens is 1. The summed E-state index contributed by atoms with van der Waals surface area (Å²) < 4.78 is 11.2. The zero-order chi connectivity index (χ0) is 17.4. The summed E-state index contributed by atoms with van der Waals surface area (Å²) in [7, 11) is 0. The molecule has 3 heterocycles. The first-order valence-corrected chi connectivity index (χ1v) is 8.55. The maximum atomic E-state index is 11.6. The van der Waals surface area contributed by atoms with Crippen molar-refractivity contribution in [3.05, 3.63) is 47.1 Å². The molecule has 1 amide bonds. The summed E-state index contributed by atoms with van der Waals surface area (Å²) in [4.78, 5) is 18.3. The molecule has 0 bridgehead atoms. The van der Waals surface area contributed by atoms with Crippen molar-refractivity contribution in [2.75, 3.05) is 30.0 Å². The molecule has 0 unspecified atom stereocenters. The van der Waals surface area contributed by atoms with Crippen molar-refractivity contribution in [3.63, 3.8) is 0 Å². The number of hydrogen-bond acceptors (Lipinski definition) is 5. The van der Waals surface area contributed by atoms with Gasteiger partial charge in [0, 0.05) is 17.6 Å². The predicted molar refractivity (Wildman–Crippen MR) is 95.3 cm³/mol. The molecule has 2 aromatic rings. The molecule has 0 saturated carbocycles. The highest BCUT2D eigenvalue weighted by atomic mass is 35.5. The predicted octanol–water partition coefficient (Wildman–Crippen LogP) is 3.03. The van der Waals surface area contributed by atoms with Crippen molar-refractivity contribution in [3.8, 4) is 5.75 Å². The number of ether oxygens (including phenoxy) is 2. The highest BCUT2D eigenvalue weighted by Crippen LogP contribution is 2.37. The number of amides is 1. The number of carbonyl (C=O) groups excluding carboxylic acids is 1. The lowest BCUT2D eigenvalue weighted by Gasteiger charge is -2.40. The summed E-state index contributed by atoms with van der Waals surface area (Å²) in [5.41, 5.74) is 1.63. The molecule has 0 radical (unpaired) electrons. The van der Waals surface area contributed by atoms with E-state index in [0.717, 1.165) is 11.4 Å². The molecule has 1 aromatic carbocycles. The monoisotopic (exact) mass is 359 g/mol. The Kier molecular flexibility index (Phi) is 4.23. The van der Waals surface area contributed by atoms with E-state index >= 15 is 0 Å². The summed E-state index contributed by atoms with van der Waals surface area (Å²) in [5.74, 6) is 1.17. The molecule has 2 aliphatic heterocycles. The van der Waals surface area contributed by atoms with E-state index in [1.807, 2.05) is 37.3 Å². The van der Waals surface area contributed by atoms with Crippen LogP contribution >= 0.6 is 11.6 Å². The Morgan fingerprint density at radius 2 is 2.20 bits per heavy atom. The largest absolute Gasteiger partial charge is 0.480 e. The number of nitrogens with one attached hydrogen (secondary N) is 1. The van der Waals surface area contributed by atoms with E-state index in [1.54, 1.807) is 6.20 Å². The van der Waals surface area contributed by atoms with Gasteiger partial charge in [0.15, 0.2) is 12.4 Å². The van der Waals surface area contributed by atoms with E-state index in [2.05, 4.69) is 15.2 Å². The minimum Gasteiger partial charge on any atom is -0.480 e. The van der Waals surface area contributed by atoms with E-state index in [9.17, 15) is 4.79 Å². The van der Waals surface area contributed by atoms with Gasteiger partial charge in [0.2, 0.25) is 0 Å². The Bertz CT molecular complexity index is 814. The Morgan fingerprint density at radius 1 is 1.36 bits per heavy atom. The number of carbonyl (C=O) groups is 1. The zero-order valence-electron chi connectivity index (χ0n) is 13.7. The SMILES string of the molecule is C[C@@H]1CN(c2cc3c(cn2)OCC(=O)N3)[C@H](c2ccccc2Cl)CO1. The zero-order valence-corrected chi connectivity index (χ0v) is 14.5. The number of nitrogens with zero attached hydrogens (tertiary/aromatic N) is 2. The van der Waals surface area contributed by atoms with Gasteiger partial charge in [-0.25, -0.2) is 4.98 Å². The van der Waals surface area contributed by atoms with E-state index < -0.39 is 0 Å². The van der Waals surface area contributed by atoms with Crippen molar-refractivity contribution >= 4 is 29.0 Å². The lowest BCUT2D eigenvalue weighted by atomic mass is 10.0. The number of pyridine rings is 1. The number of fused-ring (bicyclic) bond motifs is 1. The number of morpholine rings is 1. The summed E-state index contributed by atoms with van der Waals surface area (Å²) in [5, 5.41) is 3.53. The van der Waals surface area contributed by atoms with Crippen LogP contribution in [0.15, 0.2) is 36.5 Å². The Hall–Kier alpha value is -2.31. The minimum atomic E-state index is -0.164. The summed E-state index contributed by atoms with van der Waals surface area (Å²) in [6.45, 7) is 3.24. The van der Waals surface area contributed by atoms with E-state index in [4.69, 9.17) is 21.1 Å². The Morgan fingerprint density at radius 3 is 3.04 bits per heavy atom. The van der Waals surface area contributed by atoms with Gasteiger partial charge in [0.25, 0.3) is 5.91 Å². The van der Waals surface area contributed by atoms with Crippen LogP contribution in [0.4, 0.5) is 11.5 Å². The molecule has 1 fully saturated rings. The van der Waals surface area contributed by atoms with Gasteiger partial charge in [-0.1, -0.05) is 29.8 Å². The van der Waals surface area contributed by atoms with Crippen molar-refractivity contribution < 1.29 is 14.3 Å². The molecule has 4 rings (SSSR count). The van der Waals surface area contributed by atoms with Crippen molar-refractivity contribution in [1.29, 1.82) is 0 Å². The van der Waals surface area contributed by atoms with Crippen LogP contribution in [0.5, 0.6) is 5.75 Å². The first kappa shape index (κ1) is 16.2. The fourth-order valence-corrected chi connectivity index (χ4v) is 3.45. The van der Waals surface area contributed by atoms with Crippen LogP contribution in [0.2, 0.25) is 5.02 Å². The highest BCUT2D eigenvalue weighted by molar-refractivity contribution is 6.31. The molecule has 1 N–H and O–H groups in total. The molecule has 0 aliphatic carbocycles. The number of halogens is 1. The third-order valence-electron chi connectivity index (χ3n) is 4.41. The second-order valence-electron chi connectivity index (χ2n) is 6.21. The van der Waals surface area contributed by atoms with Gasteiger partial charge in [-0.15, -0.1) is 0 Å². The molecule has 7 heteroatoms. The minimum absolute atomic E-state index is 0.0187. The van der Waals surface area contributed by atoms with E-state index in [0.29, 0.717) is 29.6 Å². The van der Waals surface area contributed by atoms with Gasteiger partial charge in [-0.2, -0.15) is 0 Å². The molecule has 25 heavy (non-hydrogen) atoms. The molecule has 2 aliphatic rings. The molecule has 6 nitrogen and oxygen atoms in total. The standard InChI is InChI=1S/C18H18ClN3O3/c1-11-8-22(15(9-24-11)12-4-2-3-5-13(12)19)17-6-14-16(7-20-17)25-10-18(23)21-14/h2-7,11,15H,8-10H2,1H3,(H,21,23)/t11-,15+/m1/s1. The third-order valence-corrected chi connectivity index (χ3v) is 4.76. The highest BCUT2D eigenvalue weighted by Gasteiger charge is 2.31. The van der Waals surface area contributed by atoms with Crippen LogP contribution in [-0.4, -0.2) is 36.8 Å². The second-order valence-corrected chi connectivity index (χ2v) is 6.62. The van der Waals surface area contributed by atoms with Crippen molar-refractivity contribution in [2.45, 2.75) is 19.1 Å². The maximum absolute atomic E-state index is 11.6. The van der Waals surface area contributed by atoms with Gasteiger partial charge in [0.1, 0.15) is 5.82 Å². The van der Waals surface area contributed by atoms with Gasteiger partial charge in [0.05, 0.1) is 30.6 Å².